The van der Waals surface area contributed by atoms with Crippen LogP contribution in [0.25, 0.3) is 11.0 Å². The fourth-order valence-corrected chi connectivity index (χ4v) is 5.06. The number of morpholine rings is 1. The minimum absolute atomic E-state index is 0.218. The summed E-state index contributed by atoms with van der Waals surface area (Å²) < 4.78 is 5.62. The number of aromatic nitrogens is 3. The quantitative estimate of drug-likeness (QED) is 0.713. The Kier molecular flexibility index (Phi) is 4.27. The first-order valence-electron chi connectivity index (χ1n) is 10.9. The van der Waals surface area contributed by atoms with Crippen molar-refractivity contribution in [3.8, 4) is 0 Å². The van der Waals surface area contributed by atoms with Crippen LogP contribution in [-0.2, 0) is 11.2 Å². The number of hydrogen-bond acceptors (Lipinski definition) is 5. The topological polar surface area (TPSA) is 66.1 Å². The van der Waals surface area contributed by atoms with E-state index in [9.17, 15) is 0 Å². The molecule has 2 atom stereocenters. The number of H-pyrrole nitrogens is 1. The maximum atomic E-state index is 5.62. The van der Waals surface area contributed by atoms with Gasteiger partial charge in [0, 0.05) is 24.8 Å². The van der Waals surface area contributed by atoms with E-state index in [4.69, 9.17) is 4.74 Å². The van der Waals surface area contributed by atoms with Crippen LogP contribution in [0.15, 0.2) is 36.7 Å². The zero-order chi connectivity index (χ0) is 19.2. The molecule has 3 aromatic rings. The Hall–Kier alpha value is -2.44. The van der Waals surface area contributed by atoms with Crippen molar-refractivity contribution in [2.45, 2.75) is 43.7 Å². The molecule has 1 saturated carbocycles. The van der Waals surface area contributed by atoms with E-state index in [-0.39, 0.29) is 6.04 Å². The number of nitrogens with zero attached hydrogens (tertiary/aromatic N) is 3. The third-order valence-electron chi connectivity index (χ3n) is 6.75. The Morgan fingerprint density at radius 3 is 2.79 bits per heavy atom. The van der Waals surface area contributed by atoms with E-state index in [0.717, 1.165) is 56.0 Å². The Bertz CT molecular complexity index is 1020. The normalized spacial score (nSPS) is 25.1. The number of nitrogens with one attached hydrogen (secondary N) is 2. The summed E-state index contributed by atoms with van der Waals surface area (Å²) in [4.78, 5) is 15.3. The van der Waals surface area contributed by atoms with Crippen molar-refractivity contribution in [1.82, 2.24) is 19.9 Å². The summed E-state index contributed by atoms with van der Waals surface area (Å²) in [6.45, 7) is 3.65. The molecule has 1 aromatic carbocycles. The standard InChI is InChI=1S/C23H27N5O/c1-2-4-17-15(3-1)7-8-20(28-9-11-29-12-10-28)21(17)27-23-18-13-19(16-5-6-16)26-22(18)24-14-25-23/h1-4,13-14,16,20-21H,5-12H2,(H2,24,25,26,27)/t20-,21?/m1/s1. The Morgan fingerprint density at radius 1 is 1.07 bits per heavy atom. The number of aromatic amines is 1. The van der Waals surface area contributed by atoms with E-state index in [1.807, 2.05) is 0 Å². The highest BCUT2D eigenvalue weighted by atomic mass is 16.5. The first-order chi connectivity index (χ1) is 14.4. The number of rotatable bonds is 4. The molecule has 6 rings (SSSR count). The number of anilines is 1. The monoisotopic (exact) mass is 389 g/mol. The second-order valence-electron chi connectivity index (χ2n) is 8.56. The van der Waals surface area contributed by atoms with Gasteiger partial charge in [0.25, 0.3) is 0 Å². The summed E-state index contributed by atoms with van der Waals surface area (Å²) in [6, 6.07) is 11.8. The molecule has 1 aliphatic heterocycles. The highest BCUT2D eigenvalue weighted by molar-refractivity contribution is 5.88. The van der Waals surface area contributed by atoms with Gasteiger partial charge in [-0.15, -0.1) is 0 Å². The molecule has 1 saturated heterocycles. The van der Waals surface area contributed by atoms with Crippen molar-refractivity contribution >= 4 is 16.9 Å². The lowest BCUT2D eigenvalue weighted by atomic mass is 9.83. The van der Waals surface area contributed by atoms with Crippen molar-refractivity contribution in [2.24, 2.45) is 0 Å². The van der Waals surface area contributed by atoms with E-state index in [0.29, 0.717) is 12.0 Å². The predicted molar refractivity (Wildman–Crippen MR) is 113 cm³/mol. The minimum Gasteiger partial charge on any atom is -0.379 e. The highest BCUT2D eigenvalue weighted by Gasteiger charge is 2.35. The molecule has 29 heavy (non-hydrogen) atoms. The van der Waals surface area contributed by atoms with Crippen LogP contribution < -0.4 is 5.32 Å². The molecule has 150 valence electrons. The highest BCUT2D eigenvalue weighted by Crippen LogP contribution is 2.42. The SMILES string of the molecule is c1ccc2c(c1)CC[C@@H](N1CCOCC1)C2Nc1ncnc2[nH]c(C3CC3)cc12. The average Bonchev–Trinajstić information content (AvgIpc) is 3.53. The summed E-state index contributed by atoms with van der Waals surface area (Å²) in [5.41, 5.74) is 5.10. The van der Waals surface area contributed by atoms with Gasteiger partial charge in [0.1, 0.15) is 17.8 Å². The molecule has 6 heteroatoms. The first kappa shape index (κ1) is 17.4. The van der Waals surface area contributed by atoms with E-state index in [1.165, 1.54) is 29.7 Å². The van der Waals surface area contributed by atoms with Crippen molar-refractivity contribution in [2.75, 3.05) is 31.6 Å². The molecule has 2 aliphatic carbocycles. The molecular formula is C23H27N5O. The summed E-state index contributed by atoms with van der Waals surface area (Å²) in [7, 11) is 0. The lowest BCUT2D eigenvalue weighted by molar-refractivity contribution is 0.00896. The van der Waals surface area contributed by atoms with E-state index < -0.39 is 0 Å². The fourth-order valence-electron chi connectivity index (χ4n) is 5.06. The molecule has 0 spiro atoms. The summed E-state index contributed by atoms with van der Waals surface area (Å²) in [5.74, 6) is 1.62. The first-order valence-corrected chi connectivity index (χ1v) is 10.9. The third-order valence-corrected chi connectivity index (χ3v) is 6.75. The van der Waals surface area contributed by atoms with Gasteiger partial charge in [-0.2, -0.15) is 0 Å². The van der Waals surface area contributed by atoms with Crippen LogP contribution in [0.3, 0.4) is 0 Å². The number of ether oxygens (including phenoxy) is 1. The van der Waals surface area contributed by atoms with Gasteiger partial charge in [0.15, 0.2) is 0 Å². The van der Waals surface area contributed by atoms with Crippen LogP contribution in [0.5, 0.6) is 0 Å². The zero-order valence-corrected chi connectivity index (χ0v) is 16.6. The number of benzene rings is 1. The fraction of sp³-hybridized carbons (Fsp3) is 0.478. The van der Waals surface area contributed by atoms with Crippen molar-refractivity contribution < 1.29 is 4.74 Å². The second kappa shape index (κ2) is 7.11. The van der Waals surface area contributed by atoms with Gasteiger partial charge in [-0.05, 0) is 48.8 Å². The molecule has 2 N–H and O–H groups in total. The maximum absolute atomic E-state index is 5.62. The van der Waals surface area contributed by atoms with Gasteiger partial charge in [0.05, 0.1) is 24.6 Å². The molecule has 0 radical (unpaired) electrons. The molecule has 1 unspecified atom stereocenters. The van der Waals surface area contributed by atoms with Crippen LogP contribution >= 0.6 is 0 Å². The van der Waals surface area contributed by atoms with Crippen LogP contribution in [-0.4, -0.2) is 52.2 Å². The average molecular weight is 390 g/mol. The van der Waals surface area contributed by atoms with E-state index >= 15 is 0 Å². The van der Waals surface area contributed by atoms with Gasteiger partial charge in [-0.3, -0.25) is 4.90 Å². The van der Waals surface area contributed by atoms with Crippen LogP contribution in [0.2, 0.25) is 0 Å². The Morgan fingerprint density at radius 2 is 1.93 bits per heavy atom. The van der Waals surface area contributed by atoms with Crippen LogP contribution in [0, 0.1) is 0 Å². The maximum Gasteiger partial charge on any atom is 0.143 e. The smallest absolute Gasteiger partial charge is 0.143 e. The zero-order valence-electron chi connectivity index (χ0n) is 16.6. The van der Waals surface area contributed by atoms with Crippen molar-refractivity contribution in [1.29, 1.82) is 0 Å². The largest absolute Gasteiger partial charge is 0.379 e. The van der Waals surface area contributed by atoms with Gasteiger partial charge in [-0.25, -0.2) is 9.97 Å². The number of hydrogen-bond donors (Lipinski definition) is 2. The molecule has 2 fully saturated rings. The molecule has 0 bridgehead atoms. The van der Waals surface area contributed by atoms with Crippen molar-refractivity contribution in [3.05, 3.63) is 53.5 Å². The molecular weight excluding hydrogens is 362 g/mol. The predicted octanol–water partition coefficient (Wildman–Crippen LogP) is 3.64. The van der Waals surface area contributed by atoms with Gasteiger partial charge in [-0.1, -0.05) is 24.3 Å². The Labute approximate surface area is 170 Å². The van der Waals surface area contributed by atoms with Gasteiger partial charge >= 0.3 is 0 Å². The van der Waals surface area contributed by atoms with Crippen molar-refractivity contribution in [3.63, 3.8) is 0 Å². The van der Waals surface area contributed by atoms with Crippen LogP contribution in [0.1, 0.15) is 48.0 Å². The molecule has 0 amide bonds. The Balaban J connectivity index is 1.38. The number of fused-ring (bicyclic) bond motifs is 2. The second-order valence-corrected chi connectivity index (χ2v) is 8.56. The van der Waals surface area contributed by atoms with E-state index in [1.54, 1.807) is 6.33 Å². The summed E-state index contributed by atoms with van der Waals surface area (Å²) in [5, 5.41) is 4.96. The molecule has 2 aromatic heterocycles. The minimum atomic E-state index is 0.218. The van der Waals surface area contributed by atoms with Crippen LogP contribution in [0.4, 0.5) is 5.82 Å². The molecule has 6 nitrogen and oxygen atoms in total. The molecule has 3 aliphatic rings. The van der Waals surface area contributed by atoms with E-state index in [2.05, 4.69) is 55.5 Å². The van der Waals surface area contributed by atoms with Gasteiger partial charge < -0.3 is 15.0 Å². The summed E-state index contributed by atoms with van der Waals surface area (Å²) >= 11 is 0. The lowest BCUT2D eigenvalue weighted by Gasteiger charge is -2.43. The lowest BCUT2D eigenvalue weighted by Crippen LogP contribution is -2.49. The number of aryl methyl sites for hydroxylation is 1. The third kappa shape index (κ3) is 3.20. The molecule has 3 heterocycles. The summed E-state index contributed by atoms with van der Waals surface area (Å²) in [6.07, 6.45) is 6.52. The van der Waals surface area contributed by atoms with Gasteiger partial charge in [0.2, 0.25) is 0 Å².